The number of nitrogens with two attached hydrogens (primary N) is 1. The van der Waals surface area contributed by atoms with Crippen LogP contribution in [0.4, 0.5) is 0 Å². The van der Waals surface area contributed by atoms with E-state index < -0.39 is 0 Å². The summed E-state index contributed by atoms with van der Waals surface area (Å²) in [7, 11) is 0. The lowest BCUT2D eigenvalue weighted by molar-refractivity contribution is 0.570. The Morgan fingerprint density at radius 2 is 2.29 bits per heavy atom. The fourth-order valence-corrected chi connectivity index (χ4v) is 3.99. The molecule has 0 aliphatic carbocycles. The molecule has 0 amide bonds. The number of nitrogens with one attached hydrogen (secondary N) is 1. The minimum absolute atomic E-state index is 0.208. The first-order valence-electron chi connectivity index (χ1n) is 6.82. The van der Waals surface area contributed by atoms with Crippen LogP contribution < -0.4 is 11.3 Å². The lowest BCUT2D eigenvalue weighted by atomic mass is 10.2. The van der Waals surface area contributed by atoms with E-state index in [-0.39, 0.29) is 6.04 Å². The monoisotopic (exact) mass is 318 g/mol. The minimum atomic E-state index is 0.208. The standard InChI is InChI=1S/C15H18N4S2/c1-11-4-2-3-5-14(11)21-10-13(18-16)8-12-9-19-6-7-20-15(19)17-12/h2-7,9,13,18H,8,10,16H2,1H3. The zero-order chi connectivity index (χ0) is 14.7. The van der Waals surface area contributed by atoms with Gasteiger partial charge in [0.05, 0.1) is 5.69 Å². The van der Waals surface area contributed by atoms with Gasteiger partial charge in [0.2, 0.25) is 0 Å². The van der Waals surface area contributed by atoms with Crippen molar-refractivity contribution in [2.24, 2.45) is 5.84 Å². The predicted octanol–water partition coefficient (Wildman–Crippen LogP) is 2.87. The molecular formula is C15H18N4S2. The third-order valence-electron chi connectivity index (χ3n) is 3.37. The molecule has 110 valence electrons. The molecule has 0 fully saturated rings. The maximum absolute atomic E-state index is 5.70. The van der Waals surface area contributed by atoms with Crippen LogP contribution >= 0.6 is 23.1 Å². The van der Waals surface area contributed by atoms with E-state index >= 15 is 0 Å². The molecule has 2 heterocycles. The van der Waals surface area contributed by atoms with E-state index in [0.29, 0.717) is 0 Å². The average Bonchev–Trinajstić information content (AvgIpc) is 3.06. The Labute approximate surface area is 132 Å². The number of hydrazine groups is 1. The Kier molecular flexibility index (Phi) is 4.60. The van der Waals surface area contributed by atoms with Gasteiger partial charge in [0, 0.05) is 40.9 Å². The van der Waals surface area contributed by atoms with Crippen molar-refractivity contribution in [3.63, 3.8) is 0 Å². The van der Waals surface area contributed by atoms with E-state index in [9.17, 15) is 0 Å². The number of thioether (sulfide) groups is 1. The summed E-state index contributed by atoms with van der Waals surface area (Å²) in [5, 5.41) is 2.04. The van der Waals surface area contributed by atoms with Crippen LogP contribution in [0.5, 0.6) is 0 Å². The van der Waals surface area contributed by atoms with Crippen LogP contribution in [-0.2, 0) is 6.42 Å². The van der Waals surface area contributed by atoms with Crippen molar-refractivity contribution in [3.05, 3.63) is 53.3 Å². The van der Waals surface area contributed by atoms with Crippen molar-refractivity contribution in [1.82, 2.24) is 14.8 Å². The summed E-state index contributed by atoms with van der Waals surface area (Å²) >= 11 is 3.48. The smallest absolute Gasteiger partial charge is 0.193 e. The molecule has 2 aromatic heterocycles. The minimum Gasteiger partial charge on any atom is -0.297 e. The third-order valence-corrected chi connectivity index (χ3v) is 5.48. The molecule has 0 saturated carbocycles. The quantitative estimate of drug-likeness (QED) is 0.417. The fraction of sp³-hybridized carbons (Fsp3) is 0.267. The number of hydrogen-bond acceptors (Lipinski definition) is 5. The number of hydrogen-bond donors (Lipinski definition) is 2. The van der Waals surface area contributed by atoms with Gasteiger partial charge in [-0.15, -0.1) is 23.1 Å². The molecule has 6 heteroatoms. The second-order valence-corrected chi connectivity index (χ2v) is 6.90. The molecule has 0 aliphatic rings. The van der Waals surface area contributed by atoms with Gasteiger partial charge in [-0.2, -0.15) is 0 Å². The molecule has 0 bridgehead atoms. The number of nitrogens with zero attached hydrogens (tertiary/aromatic N) is 2. The molecule has 0 radical (unpaired) electrons. The van der Waals surface area contributed by atoms with E-state index in [4.69, 9.17) is 5.84 Å². The van der Waals surface area contributed by atoms with Crippen molar-refractivity contribution in [2.45, 2.75) is 24.3 Å². The first-order chi connectivity index (χ1) is 10.3. The SMILES string of the molecule is Cc1ccccc1SCC(Cc1cn2ccsc2n1)NN. The highest BCUT2D eigenvalue weighted by Crippen LogP contribution is 2.23. The van der Waals surface area contributed by atoms with E-state index in [1.165, 1.54) is 10.5 Å². The number of aryl methyl sites for hydroxylation is 1. The Hall–Kier alpha value is -1.34. The first-order valence-corrected chi connectivity index (χ1v) is 8.68. The van der Waals surface area contributed by atoms with Gasteiger partial charge >= 0.3 is 0 Å². The van der Waals surface area contributed by atoms with Crippen LogP contribution in [0.2, 0.25) is 0 Å². The molecule has 3 aromatic rings. The highest BCUT2D eigenvalue weighted by Gasteiger charge is 2.12. The van der Waals surface area contributed by atoms with E-state index in [1.807, 2.05) is 23.3 Å². The van der Waals surface area contributed by atoms with Crippen LogP contribution in [-0.4, -0.2) is 21.2 Å². The second-order valence-electron chi connectivity index (χ2n) is 4.97. The van der Waals surface area contributed by atoms with E-state index in [1.54, 1.807) is 11.3 Å². The van der Waals surface area contributed by atoms with Crippen molar-refractivity contribution < 1.29 is 0 Å². The van der Waals surface area contributed by atoms with Gasteiger partial charge in [-0.05, 0) is 18.6 Å². The van der Waals surface area contributed by atoms with Gasteiger partial charge in [-0.25, -0.2) is 4.98 Å². The first kappa shape index (κ1) is 14.6. The lowest BCUT2D eigenvalue weighted by Gasteiger charge is -2.14. The molecule has 4 nitrogen and oxygen atoms in total. The maximum Gasteiger partial charge on any atom is 0.193 e. The summed E-state index contributed by atoms with van der Waals surface area (Å²) < 4.78 is 2.06. The van der Waals surface area contributed by atoms with Gasteiger partial charge in [0.25, 0.3) is 0 Å². The van der Waals surface area contributed by atoms with Crippen molar-refractivity contribution in [2.75, 3.05) is 5.75 Å². The largest absolute Gasteiger partial charge is 0.297 e. The molecule has 1 aromatic carbocycles. The summed E-state index contributed by atoms with van der Waals surface area (Å²) in [5.41, 5.74) is 5.30. The number of rotatable bonds is 6. The Morgan fingerprint density at radius 1 is 1.43 bits per heavy atom. The van der Waals surface area contributed by atoms with Crippen molar-refractivity contribution in [1.29, 1.82) is 0 Å². The molecule has 0 aliphatic heterocycles. The van der Waals surface area contributed by atoms with Crippen LogP contribution in [0.3, 0.4) is 0 Å². The number of fused-ring (bicyclic) bond motifs is 1. The summed E-state index contributed by atoms with van der Waals surface area (Å²) in [5.74, 6) is 6.62. The summed E-state index contributed by atoms with van der Waals surface area (Å²) in [6.45, 7) is 2.14. The zero-order valence-corrected chi connectivity index (χ0v) is 13.5. The maximum atomic E-state index is 5.70. The molecule has 0 saturated heterocycles. The van der Waals surface area contributed by atoms with Gasteiger partial charge in [-0.3, -0.25) is 15.7 Å². The lowest BCUT2D eigenvalue weighted by Crippen LogP contribution is -2.38. The highest BCUT2D eigenvalue weighted by atomic mass is 32.2. The Morgan fingerprint density at radius 3 is 3.05 bits per heavy atom. The summed E-state index contributed by atoms with van der Waals surface area (Å²) in [6, 6.07) is 8.63. The summed E-state index contributed by atoms with van der Waals surface area (Å²) in [4.78, 5) is 6.95. The van der Waals surface area contributed by atoms with Crippen LogP contribution in [0, 0.1) is 6.92 Å². The van der Waals surface area contributed by atoms with Gasteiger partial charge in [-0.1, -0.05) is 18.2 Å². The fourth-order valence-electron chi connectivity index (χ4n) is 2.20. The summed E-state index contributed by atoms with van der Waals surface area (Å²) in [6.07, 6.45) is 4.95. The molecule has 0 spiro atoms. The van der Waals surface area contributed by atoms with Crippen LogP contribution in [0.25, 0.3) is 4.96 Å². The molecule has 1 unspecified atom stereocenters. The molecule has 3 N–H and O–H groups in total. The van der Waals surface area contributed by atoms with Crippen molar-refractivity contribution >= 4 is 28.1 Å². The van der Waals surface area contributed by atoms with Crippen molar-refractivity contribution in [3.8, 4) is 0 Å². The zero-order valence-electron chi connectivity index (χ0n) is 11.8. The predicted molar refractivity (Wildman–Crippen MR) is 89.8 cm³/mol. The molecule has 1 atom stereocenters. The number of benzene rings is 1. The van der Waals surface area contributed by atoms with Gasteiger partial charge in [0.15, 0.2) is 4.96 Å². The number of imidazole rings is 1. The van der Waals surface area contributed by atoms with Gasteiger partial charge in [0.1, 0.15) is 0 Å². The average molecular weight is 318 g/mol. The van der Waals surface area contributed by atoms with E-state index in [0.717, 1.165) is 22.8 Å². The topological polar surface area (TPSA) is 55.3 Å². The normalized spacial score (nSPS) is 12.9. The second kappa shape index (κ2) is 6.62. The number of aromatic nitrogens is 2. The Balaban J connectivity index is 1.62. The highest BCUT2D eigenvalue weighted by molar-refractivity contribution is 7.99. The third kappa shape index (κ3) is 3.47. The Bertz CT molecular complexity index is 691. The molecule has 21 heavy (non-hydrogen) atoms. The number of thiazole rings is 1. The molecule has 3 rings (SSSR count). The molecular weight excluding hydrogens is 300 g/mol. The van der Waals surface area contributed by atoms with Crippen LogP contribution in [0.15, 0.2) is 46.9 Å². The van der Waals surface area contributed by atoms with Gasteiger partial charge < -0.3 is 0 Å². The van der Waals surface area contributed by atoms with E-state index in [2.05, 4.69) is 52.2 Å². The van der Waals surface area contributed by atoms with Crippen LogP contribution in [0.1, 0.15) is 11.3 Å².